The van der Waals surface area contributed by atoms with Gasteiger partial charge in [0.25, 0.3) is 0 Å². The van der Waals surface area contributed by atoms with Crippen molar-refractivity contribution >= 4 is 23.5 Å². The highest BCUT2D eigenvalue weighted by atomic mass is 31.3. The summed E-state index contributed by atoms with van der Waals surface area (Å²) in [6.45, 7) is -0.348. The molecule has 1 heterocycles. The molecule has 0 bridgehead atoms. The molecular formula is C20H39O11P3. The SMILES string of the molecule is O=P(O)(O)OP(=O)(O)OP(=O)(O)OC[C@@H]1CC[C@H](C2CC(C3CCCCCCCCCC3)C2)O1. The van der Waals surface area contributed by atoms with Gasteiger partial charge in [0.2, 0.25) is 0 Å². The molecule has 3 fully saturated rings. The van der Waals surface area contributed by atoms with Gasteiger partial charge in [-0.05, 0) is 43.4 Å². The first-order chi connectivity index (χ1) is 15.9. The molecule has 3 aliphatic rings. The summed E-state index contributed by atoms with van der Waals surface area (Å²) in [6, 6.07) is 0. The highest BCUT2D eigenvalue weighted by Crippen LogP contribution is 2.66. The van der Waals surface area contributed by atoms with E-state index in [1.54, 1.807) is 0 Å². The van der Waals surface area contributed by atoms with Crippen LogP contribution in [0.15, 0.2) is 0 Å². The summed E-state index contributed by atoms with van der Waals surface area (Å²) >= 11 is 0. The fourth-order valence-corrected chi connectivity index (χ4v) is 8.62. The van der Waals surface area contributed by atoms with Crippen molar-refractivity contribution in [2.75, 3.05) is 6.61 Å². The normalized spacial score (nSPS) is 33.9. The van der Waals surface area contributed by atoms with Crippen LogP contribution < -0.4 is 0 Å². The Morgan fingerprint density at radius 2 is 1.21 bits per heavy atom. The van der Waals surface area contributed by atoms with Crippen molar-refractivity contribution in [1.29, 1.82) is 0 Å². The zero-order valence-corrected chi connectivity index (χ0v) is 22.2. The van der Waals surface area contributed by atoms with Gasteiger partial charge in [-0.15, -0.1) is 0 Å². The van der Waals surface area contributed by atoms with Gasteiger partial charge in [0, 0.05) is 0 Å². The van der Waals surface area contributed by atoms with E-state index >= 15 is 0 Å². The standard InChI is InChI=1S/C20H39O11P3/c21-32(22,23)30-34(26,27)31-33(24,25)28-15-19-11-12-20(29-19)18-13-17(14-18)16-9-7-5-3-1-2-4-6-8-10-16/h16-20H,1-15H2,(H,24,25)(H,26,27)(H2,21,22,23)/t17?,18?,19-,20+/m0/s1. The maximum atomic E-state index is 11.9. The Bertz CT molecular complexity index is 770. The highest BCUT2D eigenvalue weighted by Gasteiger charge is 2.44. The van der Waals surface area contributed by atoms with Crippen molar-refractivity contribution in [3.63, 3.8) is 0 Å². The average molecular weight is 548 g/mol. The number of rotatable bonds is 9. The molecule has 14 heteroatoms. The van der Waals surface area contributed by atoms with Crippen LogP contribution in [-0.4, -0.2) is 38.4 Å². The van der Waals surface area contributed by atoms with Crippen LogP contribution in [-0.2, 0) is 31.6 Å². The molecule has 2 saturated carbocycles. The quantitative estimate of drug-likeness (QED) is 0.271. The van der Waals surface area contributed by atoms with Crippen molar-refractivity contribution in [1.82, 2.24) is 0 Å². The van der Waals surface area contributed by atoms with E-state index in [9.17, 15) is 23.5 Å². The lowest BCUT2D eigenvalue weighted by Crippen LogP contribution is -2.37. The molecule has 0 spiro atoms. The van der Waals surface area contributed by atoms with Crippen LogP contribution in [0.25, 0.3) is 0 Å². The van der Waals surface area contributed by atoms with Gasteiger partial charge >= 0.3 is 23.5 Å². The van der Waals surface area contributed by atoms with E-state index in [-0.39, 0.29) is 12.7 Å². The van der Waals surface area contributed by atoms with Gasteiger partial charge in [0.1, 0.15) is 0 Å². The maximum Gasteiger partial charge on any atom is 0.490 e. The number of hydrogen-bond donors (Lipinski definition) is 4. The molecule has 1 saturated heterocycles. The second kappa shape index (κ2) is 12.7. The first-order valence-corrected chi connectivity index (χ1v) is 16.9. The molecular weight excluding hydrogens is 509 g/mol. The zero-order chi connectivity index (χ0) is 24.8. The van der Waals surface area contributed by atoms with Crippen LogP contribution in [0.3, 0.4) is 0 Å². The molecule has 200 valence electrons. The summed E-state index contributed by atoms with van der Waals surface area (Å²) in [5.41, 5.74) is 0. The van der Waals surface area contributed by atoms with Gasteiger partial charge in [-0.1, -0.05) is 64.2 Å². The summed E-state index contributed by atoms with van der Waals surface area (Å²) in [4.78, 5) is 36.0. The minimum Gasteiger partial charge on any atom is -0.372 e. The van der Waals surface area contributed by atoms with E-state index in [0.717, 1.165) is 31.1 Å². The van der Waals surface area contributed by atoms with Crippen molar-refractivity contribution in [3.8, 4) is 0 Å². The molecule has 2 unspecified atom stereocenters. The van der Waals surface area contributed by atoms with Crippen molar-refractivity contribution in [3.05, 3.63) is 0 Å². The summed E-state index contributed by atoms with van der Waals surface area (Å²) in [5.74, 6) is 2.03. The van der Waals surface area contributed by atoms with Gasteiger partial charge in [-0.25, -0.2) is 13.7 Å². The molecule has 0 aromatic carbocycles. The molecule has 3 rings (SSSR count). The van der Waals surface area contributed by atoms with Crippen LogP contribution >= 0.6 is 23.5 Å². The predicted molar refractivity (Wildman–Crippen MR) is 124 cm³/mol. The highest BCUT2D eigenvalue weighted by molar-refractivity contribution is 7.66. The minimum absolute atomic E-state index is 0.0634. The average Bonchev–Trinajstić information content (AvgIpc) is 3.09. The first-order valence-electron chi connectivity index (χ1n) is 12.4. The van der Waals surface area contributed by atoms with Crippen LogP contribution in [0, 0.1) is 17.8 Å². The molecule has 11 nitrogen and oxygen atoms in total. The van der Waals surface area contributed by atoms with E-state index in [2.05, 4.69) is 8.62 Å². The summed E-state index contributed by atoms with van der Waals surface area (Å²) in [5, 5.41) is 0. The Labute approximate surface area is 201 Å². The third-order valence-electron chi connectivity index (χ3n) is 7.28. The first kappa shape index (κ1) is 28.9. The van der Waals surface area contributed by atoms with E-state index in [1.807, 2.05) is 0 Å². The molecule has 0 radical (unpaired) electrons. The van der Waals surface area contributed by atoms with Crippen LogP contribution in [0.1, 0.15) is 89.9 Å². The fraction of sp³-hybridized carbons (Fsp3) is 1.00. The van der Waals surface area contributed by atoms with E-state index in [0.29, 0.717) is 12.3 Å². The monoisotopic (exact) mass is 548 g/mol. The molecule has 0 aromatic heterocycles. The second-order valence-corrected chi connectivity index (χ2v) is 14.3. The molecule has 34 heavy (non-hydrogen) atoms. The van der Waals surface area contributed by atoms with Crippen LogP contribution in [0.2, 0.25) is 0 Å². The summed E-state index contributed by atoms with van der Waals surface area (Å²) in [6.07, 6.45) is 16.8. The molecule has 0 amide bonds. The maximum absolute atomic E-state index is 11.9. The topological polar surface area (TPSA) is 169 Å². The molecule has 2 aliphatic carbocycles. The molecule has 0 aromatic rings. The molecule has 1 aliphatic heterocycles. The molecule has 4 N–H and O–H groups in total. The second-order valence-electron chi connectivity index (χ2n) is 9.92. The minimum atomic E-state index is -5.50. The predicted octanol–water partition coefficient (Wildman–Crippen LogP) is 5.43. The third-order valence-corrected chi connectivity index (χ3v) is 11.1. The number of hydrogen-bond acceptors (Lipinski definition) is 7. The van der Waals surface area contributed by atoms with Gasteiger partial charge < -0.3 is 24.3 Å². The number of phosphoric acid groups is 3. The Balaban J connectivity index is 1.38. The lowest BCUT2D eigenvalue weighted by molar-refractivity contribution is -0.0553. The number of ether oxygens (including phenoxy) is 1. The summed E-state index contributed by atoms with van der Waals surface area (Å²) in [7, 11) is -16.0. The Morgan fingerprint density at radius 3 is 1.76 bits per heavy atom. The Morgan fingerprint density at radius 1 is 0.647 bits per heavy atom. The van der Waals surface area contributed by atoms with Gasteiger partial charge in [-0.3, -0.25) is 4.52 Å². The number of phosphoric ester groups is 1. The lowest BCUT2D eigenvalue weighted by Gasteiger charge is -2.43. The van der Waals surface area contributed by atoms with E-state index in [1.165, 1.54) is 64.2 Å². The van der Waals surface area contributed by atoms with Gasteiger partial charge in [0.05, 0.1) is 18.8 Å². The van der Waals surface area contributed by atoms with Gasteiger partial charge in [-0.2, -0.15) is 8.62 Å². The fourth-order valence-electron chi connectivity index (χ4n) is 5.57. The van der Waals surface area contributed by atoms with Crippen molar-refractivity contribution < 1.29 is 51.2 Å². The largest absolute Gasteiger partial charge is 0.490 e. The summed E-state index contributed by atoms with van der Waals surface area (Å²) < 4.78 is 52.2. The van der Waals surface area contributed by atoms with Crippen molar-refractivity contribution in [2.24, 2.45) is 17.8 Å². The Kier molecular flexibility index (Phi) is 10.8. The van der Waals surface area contributed by atoms with Crippen molar-refractivity contribution in [2.45, 2.75) is 102 Å². The van der Waals surface area contributed by atoms with Gasteiger partial charge in [0.15, 0.2) is 0 Å². The zero-order valence-electron chi connectivity index (χ0n) is 19.5. The van der Waals surface area contributed by atoms with E-state index < -0.39 is 29.6 Å². The van der Waals surface area contributed by atoms with Crippen LogP contribution in [0.5, 0.6) is 0 Å². The third kappa shape index (κ3) is 10.0. The smallest absolute Gasteiger partial charge is 0.372 e. The molecule has 4 atom stereocenters. The Hall–Kier alpha value is 0.370. The van der Waals surface area contributed by atoms with E-state index in [4.69, 9.17) is 19.0 Å². The van der Waals surface area contributed by atoms with Crippen LogP contribution in [0.4, 0.5) is 0 Å². The lowest BCUT2D eigenvalue weighted by atomic mass is 9.64.